The van der Waals surface area contributed by atoms with Crippen LogP contribution in [0.4, 0.5) is 0 Å². The first-order valence-corrected chi connectivity index (χ1v) is 7.36. The Morgan fingerprint density at radius 1 is 0.800 bits per heavy atom. The van der Waals surface area contributed by atoms with Crippen molar-refractivity contribution in [1.82, 2.24) is 0 Å². The first-order valence-electron chi connectivity index (χ1n) is 7.36. The van der Waals surface area contributed by atoms with Gasteiger partial charge >= 0.3 is 0 Å². The van der Waals surface area contributed by atoms with Crippen molar-refractivity contribution in [3.63, 3.8) is 0 Å². The molecule has 0 atom stereocenters. The van der Waals surface area contributed by atoms with Crippen molar-refractivity contribution in [3.8, 4) is 16.9 Å². The molecule has 106 valence electrons. The average Bonchev–Trinajstić information content (AvgIpc) is 2.40. The van der Waals surface area contributed by atoms with E-state index in [1.54, 1.807) is 0 Å². The Morgan fingerprint density at radius 2 is 1.45 bits per heavy atom. The minimum Gasteiger partial charge on any atom is -0.491 e. The van der Waals surface area contributed by atoms with Crippen LogP contribution in [-0.2, 0) is 0 Å². The number of ether oxygens (including phenoxy) is 1. The highest BCUT2D eigenvalue weighted by atomic mass is 16.5. The Hall–Kier alpha value is -1.76. The van der Waals surface area contributed by atoms with E-state index in [9.17, 15) is 0 Å². The third kappa shape index (κ3) is 3.04. The maximum absolute atomic E-state index is 5.91. The summed E-state index contributed by atoms with van der Waals surface area (Å²) in [7, 11) is 0. The molecule has 0 aliphatic rings. The third-order valence-electron chi connectivity index (χ3n) is 3.52. The highest BCUT2D eigenvalue weighted by Crippen LogP contribution is 2.35. The van der Waals surface area contributed by atoms with Crippen molar-refractivity contribution < 1.29 is 4.74 Å². The summed E-state index contributed by atoms with van der Waals surface area (Å²) in [4.78, 5) is 0. The second-order valence-corrected chi connectivity index (χ2v) is 5.84. The van der Waals surface area contributed by atoms with Crippen LogP contribution in [0, 0.1) is 6.92 Å². The lowest BCUT2D eigenvalue weighted by Crippen LogP contribution is -2.07. The molecule has 0 radical (unpaired) electrons. The van der Waals surface area contributed by atoms with Gasteiger partial charge in [-0.15, -0.1) is 0 Å². The Labute approximate surface area is 122 Å². The molecule has 1 nitrogen and oxygen atoms in total. The zero-order valence-corrected chi connectivity index (χ0v) is 13.1. The van der Waals surface area contributed by atoms with E-state index in [0.717, 1.165) is 5.75 Å². The van der Waals surface area contributed by atoms with E-state index in [4.69, 9.17) is 4.74 Å². The van der Waals surface area contributed by atoms with Crippen LogP contribution in [0.3, 0.4) is 0 Å². The summed E-state index contributed by atoms with van der Waals surface area (Å²) in [5.41, 5.74) is 5.19. The molecule has 0 aliphatic carbocycles. The van der Waals surface area contributed by atoms with Crippen LogP contribution in [0.1, 0.15) is 44.7 Å². The van der Waals surface area contributed by atoms with Gasteiger partial charge < -0.3 is 4.74 Å². The van der Waals surface area contributed by atoms with Gasteiger partial charge in [-0.25, -0.2) is 0 Å². The van der Waals surface area contributed by atoms with E-state index >= 15 is 0 Å². The second-order valence-electron chi connectivity index (χ2n) is 5.84. The molecule has 0 aliphatic heterocycles. The minimum atomic E-state index is 0.198. The fraction of sp³-hybridized carbons (Fsp3) is 0.368. The number of hydrogen-bond acceptors (Lipinski definition) is 1. The van der Waals surface area contributed by atoms with Crippen molar-refractivity contribution >= 4 is 0 Å². The largest absolute Gasteiger partial charge is 0.491 e. The first-order chi connectivity index (χ1) is 9.50. The minimum absolute atomic E-state index is 0.198. The highest BCUT2D eigenvalue weighted by Gasteiger charge is 2.12. The Bertz CT molecular complexity index is 582. The van der Waals surface area contributed by atoms with E-state index in [0.29, 0.717) is 5.92 Å². The van der Waals surface area contributed by atoms with Gasteiger partial charge in [0.25, 0.3) is 0 Å². The van der Waals surface area contributed by atoms with Crippen LogP contribution in [0.25, 0.3) is 11.1 Å². The standard InChI is InChI=1S/C19H24O/c1-13(2)16-9-6-7-10-18(16)17-11-8-12-19(15(17)5)20-14(3)4/h6-14H,1-5H3. The molecule has 0 fully saturated rings. The van der Waals surface area contributed by atoms with Gasteiger partial charge in [-0.3, -0.25) is 0 Å². The van der Waals surface area contributed by atoms with Crippen molar-refractivity contribution in [1.29, 1.82) is 0 Å². The maximum atomic E-state index is 5.91. The molecule has 0 heterocycles. The number of benzene rings is 2. The maximum Gasteiger partial charge on any atom is 0.123 e. The van der Waals surface area contributed by atoms with Crippen molar-refractivity contribution in [2.45, 2.75) is 46.6 Å². The van der Waals surface area contributed by atoms with Gasteiger partial charge in [-0.05, 0) is 55.0 Å². The summed E-state index contributed by atoms with van der Waals surface area (Å²) in [6, 6.07) is 15.0. The monoisotopic (exact) mass is 268 g/mol. The Kier molecular flexibility index (Phi) is 4.49. The molecular weight excluding hydrogens is 244 g/mol. The lowest BCUT2D eigenvalue weighted by Gasteiger charge is -2.18. The van der Waals surface area contributed by atoms with Crippen molar-refractivity contribution in [3.05, 3.63) is 53.6 Å². The molecule has 2 rings (SSSR count). The zero-order chi connectivity index (χ0) is 14.7. The highest BCUT2D eigenvalue weighted by molar-refractivity contribution is 5.73. The molecule has 0 bridgehead atoms. The summed E-state index contributed by atoms with van der Waals surface area (Å²) in [6.07, 6.45) is 0.198. The van der Waals surface area contributed by atoms with Crippen LogP contribution in [0.2, 0.25) is 0 Å². The summed E-state index contributed by atoms with van der Waals surface area (Å²) in [6.45, 7) is 10.7. The van der Waals surface area contributed by atoms with Crippen LogP contribution in [0.15, 0.2) is 42.5 Å². The van der Waals surface area contributed by atoms with E-state index in [2.05, 4.69) is 77.1 Å². The third-order valence-corrected chi connectivity index (χ3v) is 3.52. The molecule has 0 amide bonds. The Morgan fingerprint density at radius 3 is 2.10 bits per heavy atom. The predicted octanol–water partition coefficient (Wildman–Crippen LogP) is 5.57. The molecule has 1 heteroatoms. The fourth-order valence-corrected chi connectivity index (χ4v) is 2.53. The number of rotatable bonds is 4. The van der Waals surface area contributed by atoms with Crippen molar-refractivity contribution in [2.24, 2.45) is 0 Å². The molecule has 0 saturated carbocycles. The summed E-state index contributed by atoms with van der Waals surface area (Å²) < 4.78 is 5.91. The number of hydrogen-bond donors (Lipinski definition) is 0. The van der Waals surface area contributed by atoms with Crippen LogP contribution < -0.4 is 4.74 Å². The van der Waals surface area contributed by atoms with Gasteiger partial charge in [-0.2, -0.15) is 0 Å². The predicted molar refractivity (Wildman–Crippen MR) is 86.5 cm³/mol. The first kappa shape index (κ1) is 14.6. The molecule has 0 spiro atoms. The summed E-state index contributed by atoms with van der Waals surface area (Å²) in [5, 5.41) is 0. The molecule has 0 N–H and O–H groups in total. The molecule has 0 unspecified atom stereocenters. The lowest BCUT2D eigenvalue weighted by atomic mass is 9.90. The quantitative estimate of drug-likeness (QED) is 0.704. The van der Waals surface area contributed by atoms with E-state index in [1.165, 1.54) is 22.3 Å². The Balaban J connectivity index is 2.54. The zero-order valence-electron chi connectivity index (χ0n) is 13.1. The van der Waals surface area contributed by atoms with Crippen LogP contribution >= 0.6 is 0 Å². The van der Waals surface area contributed by atoms with E-state index in [-0.39, 0.29) is 6.10 Å². The van der Waals surface area contributed by atoms with Crippen molar-refractivity contribution in [2.75, 3.05) is 0 Å². The lowest BCUT2D eigenvalue weighted by molar-refractivity contribution is 0.241. The van der Waals surface area contributed by atoms with Gasteiger partial charge in [0.05, 0.1) is 6.10 Å². The summed E-state index contributed by atoms with van der Waals surface area (Å²) in [5.74, 6) is 1.50. The molecule has 0 saturated heterocycles. The van der Waals surface area contributed by atoms with Gasteiger partial charge in [0, 0.05) is 0 Å². The van der Waals surface area contributed by atoms with Crippen LogP contribution in [-0.4, -0.2) is 6.10 Å². The smallest absolute Gasteiger partial charge is 0.123 e. The topological polar surface area (TPSA) is 9.23 Å². The molecule has 2 aromatic rings. The molecule has 2 aromatic carbocycles. The van der Waals surface area contributed by atoms with Gasteiger partial charge in [0.15, 0.2) is 0 Å². The fourth-order valence-electron chi connectivity index (χ4n) is 2.53. The van der Waals surface area contributed by atoms with Gasteiger partial charge in [0.2, 0.25) is 0 Å². The second kappa shape index (κ2) is 6.13. The molecule has 0 aromatic heterocycles. The van der Waals surface area contributed by atoms with E-state index < -0.39 is 0 Å². The van der Waals surface area contributed by atoms with Gasteiger partial charge in [0.1, 0.15) is 5.75 Å². The average molecular weight is 268 g/mol. The SMILES string of the molecule is Cc1c(OC(C)C)cccc1-c1ccccc1C(C)C. The molecular formula is C19H24O. The van der Waals surface area contributed by atoms with Gasteiger partial charge in [-0.1, -0.05) is 50.2 Å². The normalized spacial score (nSPS) is 11.2. The van der Waals surface area contributed by atoms with E-state index in [1.807, 2.05) is 0 Å². The molecule has 20 heavy (non-hydrogen) atoms. The summed E-state index contributed by atoms with van der Waals surface area (Å²) >= 11 is 0. The van der Waals surface area contributed by atoms with Crippen LogP contribution in [0.5, 0.6) is 5.75 Å².